The number of carbonyl (C=O) groups excluding carboxylic acids is 1. The Kier molecular flexibility index (Phi) is 8.45. The Labute approximate surface area is 207 Å². The van der Waals surface area contributed by atoms with Crippen LogP contribution < -0.4 is 14.8 Å². The number of hydrogen-bond donors (Lipinski definition) is 2. The van der Waals surface area contributed by atoms with Crippen LogP contribution in [0.4, 0.5) is 5.69 Å². The summed E-state index contributed by atoms with van der Waals surface area (Å²) >= 11 is 0. The maximum atomic E-state index is 12.9. The van der Waals surface area contributed by atoms with Crippen molar-refractivity contribution in [3.63, 3.8) is 0 Å². The van der Waals surface area contributed by atoms with Crippen LogP contribution in [0.5, 0.6) is 11.6 Å². The van der Waals surface area contributed by atoms with Crippen molar-refractivity contribution in [1.82, 2.24) is 19.8 Å². The van der Waals surface area contributed by atoms with Gasteiger partial charge in [0.25, 0.3) is 11.6 Å². The van der Waals surface area contributed by atoms with Crippen molar-refractivity contribution >= 4 is 21.6 Å². The van der Waals surface area contributed by atoms with E-state index in [-0.39, 0.29) is 43.1 Å². The van der Waals surface area contributed by atoms with Crippen molar-refractivity contribution < 1.29 is 32.0 Å². The molecule has 13 nitrogen and oxygen atoms in total. The number of rotatable bonds is 12. The molecule has 3 rings (SSSR count). The summed E-state index contributed by atoms with van der Waals surface area (Å²) in [4.78, 5) is 23.0. The fourth-order valence-corrected chi connectivity index (χ4v) is 4.38. The Hall–Kier alpha value is -3.75. The molecule has 0 aliphatic rings. The third-order valence-electron chi connectivity index (χ3n) is 5.03. The number of aromatic nitrogens is 2. The predicted octanol–water partition coefficient (Wildman–Crippen LogP) is 2.92. The number of sulfonamides is 1. The van der Waals surface area contributed by atoms with E-state index in [9.17, 15) is 23.3 Å². The van der Waals surface area contributed by atoms with E-state index in [4.69, 9.17) is 13.9 Å². The van der Waals surface area contributed by atoms with E-state index in [0.29, 0.717) is 11.3 Å². The Bertz CT molecular complexity index is 1330. The molecule has 3 aromatic rings. The molecule has 14 heteroatoms. The number of nitrogens with zero attached hydrogens (tertiary/aromatic N) is 3. The number of methoxy groups -OCH3 is 1. The van der Waals surface area contributed by atoms with E-state index < -0.39 is 31.4 Å². The van der Waals surface area contributed by atoms with Gasteiger partial charge in [-0.15, -0.1) is 0 Å². The highest BCUT2D eigenvalue weighted by Crippen LogP contribution is 2.35. The second-order valence-corrected chi connectivity index (χ2v) is 9.70. The molecule has 194 valence electrons. The van der Waals surface area contributed by atoms with Gasteiger partial charge >= 0.3 is 0 Å². The molecule has 0 radical (unpaired) electrons. The van der Waals surface area contributed by atoms with Gasteiger partial charge in [-0.25, -0.2) is 17.8 Å². The lowest BCUT2D eigenvalue weighted by atomic mass is 10.2. The zero-order chi connectivity index (χ0) is 26.5. The first-order chi connectivity index (χ1) is 17.0. The Morgan fingerprint density at radius 2 is 2.06 bits per heavy atom. The first kappa shape index (κ1) is 26.8. The molecule has 0 saturated heterocycles. The topological polar surface area (TPSA) is 168 Å². The van der Waals surface area contributed by atoms with Crippen molar-refractivity contribution in [1.29, 1.82) is 0 Å². The molecule has 0 spiro atoms. The SMILES string of the molecule is COCCNS(=O)(=O)c1cc([N+](=O)[O-])ccc1Oc1c(C)c(C(=O)NCc2ccco2)nn1C(C)C. The van der Waals surface area contributed by atoms with Crippen molar-refractivity contribution in [3.05, 3.63) is 63.7 Å². The molecule has 2 aromatic heterocycles. The maximum Gasteiger partial charge on any atom is 0.272 e. The van der Waals surface area contributed by atoms with Crippen LogP contribution in [-0.2, 0) is 21.3 Å². The molecular formula is C22H27N5O8S. The second kappa shape index (κ2) is 11.3. The number of non-ortho nitro benzene ring substituents is 1. The van der Waals surface area contributed by atoms with Gasteiger partial charge in [0.2, 0.25) is 15.9 Å². The minimum Gasteiger partial charge on any atom is -0.467 e. The number of nitro groups is 1. The third kappa shape index (κ3) is 6.08. The minimum absolute atomic E-state index is 0.0517. The van der Waals surface area contributed by atoms with Crippen LogP contribution in [0.25, 0.3) is 0 Å². The highest BCUT2D eigenvalue weighted by molar-refractivity contribution is 7.89. The molecule has 2 N–H and O–H groups in total. The first-order valence-corrected chi connectivity index (χ1v) is 12.4. The van der Waals surface area contributed by atoms with Gasteiger partial charge in [0.15, 0.2) is 5.69 Å². The van der Waals surface area contributed by atoms with Crippen molar-refractivity contribution in [2.24, 2.45) is 0 Å². The number of hydrogen-bond acceptors (Lipinski definition) is 9. The van der Waals surface area contributed by atoms with Crippen molar-refractivity contribution in [2.45, 2.75) is 38.3 Å². The van der Waals surface area contributed by atoms with E-state index in [0.717, 1.165) is 12.1 Å². The van der Waals surface area contributed by atoms with Crippen molar-refractivity contribution in [3.8, 4) is 11.6 Å². The molecule has 1 amide bonds. The van der Waals surface area contributed by atoms with Gasteiger partial charge in [0.1, 0.15) is 16.4 Å². The highest BCUT2D eigenvalue weighted by atomic mass is 32.2. The van der Waals surface area contributed by atoms with Crippen LogP contribution in [0.3, 0.4) is 0 Å². The maximum absolute atomic E-state index is 12.9. The Morgan fingerprint density at radius 1 is 1.31 bits per heavy atom. The number of benzene rings is 1. The van der Waals surface area contributed by atoms with E-state index >= 15 is 0 Å². The molecule has 36 heavy (non-hydrogen) atoms. The first-order valence-electron chi connectivity index (χ1n) is 10.9. The van der Waals surface area contributed by atoms with Crippen LogP contribution in [0.1, 0.15) is 41.7 Å². The third-order valence-corrected chi connectivity index (χ3v) is 6.51. The smallest absolute Gasteiger partial charge is 0.272 e. The molecule has 0 fully saturated rings. The predicted molar refractivity (Wildman–Crippen MR) is 127 cm³/mol. The highest BCUT2D eigenvalue weighted by Gasteiger charge is 2.28. The van der Waals surface area contributed by atoms with Gasteiger partial charge in [-0.05, 0) is 39.0 Å². The Morgan fingerprint density at radius 3 is 2.67 bits per heavy atom. The summed E-state index contributed by atoms with van der Waals surface area (Å²) in [7, 11) is -2.80. The molecule has 0 aliphatic heterocycles. The zero-order valence-electron chi connectivity index (χ0n) is 20.2. The fraction of sp³-hybridized carbons (Fsp3) is 0.364. The largest absolute Gasteiger partial charge is 0.467 e. The van der Waals surface area contributed by atoms with Gasteiger partial charge < -0.3 is 19.2 Å². The fourth-order valence-electron chi connectivity index (χ4n) is 3.22. The standard InChI is InChI=1S/C22H27N5O8S/c1-14(2)26-22(15(3)20(25-26)21(28)23-13-17-6-5-10-34-17)35-18-8-7-16(27(29)30)12-19(18)36(31,32)24-9-11-33-4/h5-8,10,12,14,24H,9,11,13H2,1-4H3,(H,23,28). The number of furan rings is 1. The number of ether oxygens (including phenoxy) is 2. The molecule has 0 atom stereocenters. The van der Waals surface area contributed by atoms with Crippen LogP contribution in [0.2, 0.25) is 0 Å². The van der Waals surface area contributed by atoms with Crippen LogP contribution in [-0.4, -0.2) is 49.3 Å². The summed E-state index contributed by atoms with van der Waals surface area (Å²) in [6, 6.07) is 6.39. The van der Waals surface area contributed by atoms with Gasteiger partial charge in [-0.1, -0.05) is 0 Å². The molecule has 0 saturated carbocycles. The van der Waals surface area contributed by atoms with E-state index in [1.165, 1.54) is 24.1 Å². The summed E-state index contributed by atoms with van der Waals surface area (Å²) < 4.78 is 45.7. The monoisotopic (exact) mass is 521 g/mol. The molecule has 2 heterocycles. The number of carbonyl (C=O) groups is 1. The van der Waals surface area contributed by atoms with Gasteiger partial charge in [-0.2, -0.15) is 5.10 Å². The van der Waals surface area contributed by atoms with E-state index in [1.807, 2.05) is 13.8 Å². The number of nitro benzene ring substituents is 1. The van der Waals surface area contributed by atoms with Crippen LogP contribution in [0.15, 0.2) is 45.9 Å². The summed E-state index contributed by atoms with van der Waals surface area (Å²) in [6.07, 6.45) is 1.49. The van der Waals surface area contributed by atoms with Crippen molar-refractivity contribution in [2.75, 3.05) is 20.3 Å². The number of nitrogens with one attached hydrogen (secondary N) is 2. The molecular weight excluding hydrogens is 494 g/mol. The lowest BCUT2D eigenvalue weighted by Gasteiger charge is -2.15. The minimum atomic E-state index is -4.21. The summed E-state index contributed by atoms with van der Waals surface area (Å²) in [5.74, 6) is 0.0294. The summed E-state index contributed by atoms with van der Waals surface area (Å²) in [5, 5.41) is 18.4. The molecule has 1 aromatic carbocycles. The van der Waals surface area contributed by atoms with Gasteiger partial charge in [0.05, 0.1) is 30.4 Å². The summed E-state index contributed by atoms with van der Waals surface area (Å²) in [5.41, 5.74) is 0.00558. The molecule has 0 bridgehead atoms. The average Bonchev–Trinajstić information content (AvgIpc) is 3.46. The Balaban J connectivity index is 1.99. The number of amides is 1. The van der Waals surface area contributed by atoms with Crippen LogP contribution >= 0.6 is 0 Å². The quantitative estimate of drug-likeness (QED) is 0.207. The second-order valence-electron chi connectivity index (χ2n) is 7.96. The lowest BCUT2D eigenvalue weighted by Crippen LogP contribution is -2.27. The van der Waals surface area contributed by atoms with Gasteiger partial charge in [0, 0.05) is 31.4 Å². The molecule has 0 unspecified atom stereocenters. The zero-order valence-corrected chi connectivity index (χ0v) is 21.0. The average molecular weight is 522 g/mol. The summed E-state index contributed by atoms with van der Waals surface area (Å²) in [6.45, 7) is 5.42. The molecule has 0 aliphatic carbocycles. The lowest BCUT2D eigenvalue weighted by molar-refractivity contribution is -0.385. The van der Waals surface area contributed by atoms with E-state index in [2.05, 4.69) is 15.1 Å². The van der Waals surface area contributed by atoms with Gasteiger partial charge in [-0.3, -0.25) is 14.9 Å². The van der Waals surface area contributed by atoms with E-state index in [1.54, 1.807) is 19.1 Å². The normalized spacial score (nSPS) is 11.6. The van der Waals surface area contributed by atoms with Crippen LogP contribution in [0, 0.1) is 17.0 Å².